The Labute approximate surface area is 94.9 Å². The molecule has 88 valence electrons. The van der Waals surface area contributed by atoms with Gasteiger partial charge in [0.25, 0.3) is 0 Å². The fraction of sp³-hybridized carbons (Fsp3) is 0.500. The third-order valence-corrected chi connectivity index (χ3v) is 3.46. The van der Waals surface area contributed by atoms with E-state index in [4.69, 9.17) is 0 Å². The molecule has 1 unspecified atom stereocenters. The van der Waals surface area contributed by atoms with E-state index in [2.05, 4.69) is 22.6 Å². The molecule has 1 rings (SSSR count). The molecule has 4 heteroatoms. The zero-order valence-electron chi connectivity index (χ0n) is 9.83. The first kappa shape index (κ1) is 12.5. The van der Waals surface area contributed by atoms with E-state index in [1.807, 2.05) is 0 Å². The van der Waals surface area contributed by atoms with E-state index < -0.39 is 22.8 Å². The number of ether oxygens (including phenoxy) is 2. The summed E-state index contributed by atoms with van der Waals surface area (Å²) in [6, 6.07) is 0. The molecule has 0 aromatic rings. The molecule has 0 bridgehead atoms. The Morgan fingerprint density at radius 1 is 1.25 bits per heavy atom. The third-order valence-electron chi connectivity index (χ3n) is 3.46. The molecule has 1 aliphatic rings. The minimum Gasteiger partial charge on any atom is -0.468 e. The first-order valence-corrected chi connectivity index (χ1v) is 4.89. The van der Waals surface area contributed by atoms with Crippen LogP contribution in [0.3, 0.4) is 0 Å². The molecule has 16 heavy (non-hydrogen) atoms. The first-order chi connectivity index (χ1) is 7.40. The summed E-state index contributed by atoms with van der Waals surface area (Å²) < 4.78 is 9.35. The van der Waals surface area contributed by atoms with Crippen molar-refractivity contribution in [1.82, 2.24) is 0 Å². The molecular weight excluding hydrogens is 208 g/mol. The smallest absolute Gasteiger partial charge is 0.324 e. The SMILES string of the molecule is C=CC(=C)C1(C)CC1(C(=O)OC)C(=O)OC. The van der Waals surface area contributed by atoms with Crippen molar-refractivity contribution in [1.29, 1.82) is 0 Å². The maximum atomic E-state index is 11.7. The predicted molar refractivity (Wildman–Crippen MR) is 58.5 cm³/mol. The van der Waals surface area contributed by atoms with Gasteiger partial charge in [-0.05, 0) is 12.0 Å². The summed E-state index contributed by atoms with van der Waals surface area (Å²) in [6.07, 6.45) is 1.90. The number of hydrogen-bond acceptors (Lipinski definition) is 4. The molecule has 0 radical (unpaired) electrons. The van der Waals surface area contributed by atoms with Gasteiger partial charge in [0.05, 0.1) is 14.2 Å². The maximum absolute atomic E-state index is 11.7. The summed E-state index contributed by atoms with van der Waals surface area (Å²) in [5.41, 5.74) is -1.25. The summed E-state index contributed by atoms with van der Waals surface area (Å²) in [4.78, 5) is 23.5. The largest absolute Gasteiger partial charge is 0.468 e. The van der Waals surface area contributed by atoms with Gasteiger partial charge in [0.15, 0.2) is 5.41 Å². The number of hydrogen-bond donors (Lipinski definition) is 0. The van der Waals surface area contributed by atoms with Crippen molar-refractivity contribution in [2.24, 2.45) is 10.8 Å². The van der Waals surface area contributed by atoms with Gasteiger partial charge in [-0.15, -0.1) is 0 Å². The fourth-order valence-electron chi connectivity index (χ4n) is 2.13. The highest BCUT2D eigenvalue weighted by Crippen LogP contribution is 2.68. The second kappa shape index (κ2) is 3.77. The molecule has 1 atom stereocenters. The van der Waals surface area contributed by atoms with Crippen LogP contribution in [0.2, 0.25) is 0 Å². The van der Waals surface area contributed by atoms with Crippen LogP contribution < -0.4 is 0 Å². The minimum atomic E-state index is -1.25. The van der Waals surface area contributed by atoms with E-state index in [0.717, 1.165) is 0 Å². The summed E-state index contributed by atoms with van der Waals surface area (Å²) in [6.45, 7) is 9.18. The van der Waals surface area contributed by atoms with Crippen LogP contribution in [-0.4, -0.2) is 26.2 Å². The van der Waals surface area contributed by atoms with Crippen LogP contribution in [0, 0.1) is 10.8 Å². The second-order valence-corrected chi connectivity index (χ2v) is 4.13. The Morgan fingerprint density at radius 2 is 1.69 bits per heavy atom. The molecule has 0 aromatic carbocycles. The standard InChI is InChI=1S/C12H16O4/c1-6-8(2)11(3)7-12(11,9(13)15-4)10(14)16-5/h6H,1-2,7H2,3-5H3. The van der Waals surface area contributed by atoms with Crippen molar-refractivity contribution in [2.75, 3.05) is 14.2 Å². The van der Waals surface area contributed by atoms with E-state index in [1.54, 1.807) is 13.0 Å². The number of methoxy groups -OCH3 is 2. The van der Waals surface area contributed by atoms with Gasteiger partial charge in [-0.3, -0.25) is 9.59 Å². The van der Waals surface area contributed by atoms with Gasteiger partial charge in [0.1, 0.15) is 0 Å². The van der Waals surface area contributed by atoms with Crippen LogP contribution in [0.1, 0.15) is 13.3 Å². The Kier molecular flexibility index (Phi) is 2.95. The van der Waals surface area contributed by atoms with E-state index in [9.17, 15) is 9.59 Å². The van der Waals surface area contributed by atoms with Crippen molar-refractivity contribution in [3.8, 4) is 0 Å². The highest BCUT2D eigenvalue weighted by molar-refractivity contribution is 6.05. The van der Waals surface area contributed by atoms with E-state index in [-0.39, 0.29) is 0 Å². The third kappa shape index (κ3) is 1.29. The molecule has 0 amide bonds. The summed E-state index contributed by atoms with van der Waals surface area (Å²) in [7, 11) is 2.50. The topological polar surface area (TPSA) is 52.6 Å². The molecule has 1 saturated carbocycles. The van der Waals surface area contributed by atoms with Crippen LogP contribution in [0.25, 0.3) is 0 Å². The van der Waals surface area contributed by atoms with Crippen molar-refractivity contribution >= 4 is 11.9 Å². The fourth-order valence-corrected chi connectivity index (χ4v) is 2.13. The van der Waals surface area contributed by atoms with Gasteiger partial charge in [0.2, 0.25) is 0 Å². The predicted octanol–water partition coefficient (Wildman–Crippen LogP) is 1.47. The molecule has 0 spiro atoms. The zero-order chi connectivity index (χ0) is 12.6. The molecule has 1 aliphatic carbocycles. The van der Waals surface area contributed by atoms with E-state index >= 15 is 0 Å². The van der Waals surface area contributed by atoms with Gasteiger partial charge in [0, 0.05) is 5.41 Å². The van der Waals surface area contributed by atoms with E-state index in [0.29, 0.717) is 12.0 Å². The number of rotatable bonds is 4. The summed E-state index contributed by atoms with van der Waals surface area (Å²) >= 11 is 0. The number of esters is 2. The summed E-state index contributed by atoms with van der Waals surface area (Å²) in [5, 5.41) is 0. The average molecular weight is 224 g/mol. The van der Waals surface area contributed by atoms with Gasteiger partial charge in [-0.25, -0.2) is 0 Å². The van der Waals surface area contributed by atoms with Crippen LogP contribution in [0.4, 0.5) is 0 Å². The lowest BCUT2D eigenvalue weighted by Gasteiger charge is -2.18. The molecule has 0 aromatic heterocycles. The second-order valence-electron chi connectivity index (χ2n) is 4.13. The Balaban J connectivity index is 3.14. The Hall–Kier alpha value is -1.58. The van der Waals surface area contributed by atoms with Crippen LogP contribution in [0.5, 0.6) is 0 Å². The van der Waals surface area contributed by atoms with Gasteiger partial charge in [-0.1, -0.05) is 26.2 Å². The van der Waals surface area contributed by atoms with Crippen LogP contribution >= 0.6 is 0 Å². The molecule has 0 N–H and O–H groups in total. The highest BCUT2D eigenvalue weighted by atomic mass is 16.5. The lowest BCUT2D eigenvalue weighted by Crippen LogP contribution is -2.33. The van der Waals surface area contributed by atoms with Crippen molar-refractivity contribution < 1.29 is 19.1 Å². The van der Waals surface area contributed by atoms with Crippen molar-refractivity contribution in [3.63, 3.8) is 0 Å². The Morgan fingerprint density at radius 3 is 2.00 bits per heavy atom. The molecule has 0 saturated heterocycles. The van der Waals surface area contributed by atoms with Gasteiger partial charge in [-0.2, -0.15) is 0 Å². The molecule has 0 aliphatic heterocycles. The van der Waals surface area contributed by atoms with Gasteiger partial charge >= 0.3 is 11.9 Å². The highest BCUT2D eigenvalue weighted by Gasteiger charge is 2.76. The molecule has 0 heterocycles. The van der Waals surface area contributed by atoms with Crippen molar-refractivity contribution in [2.45, 2.75) is 13.3 Å². The maximum Gasteiger partial charge on any atom is 0.324 e. The minimum absolute atomic E-state index is 0.351. The number of carbonyl (C=O) groups is 2. The lowest BCUT2D eigenvalue weighted by atomic mass is 9.88. The normalized spacial score (nSPS) is 25.4. The first-order valence-electron chi connectivity index (χ1n) is 4.89. The number of allylic oxidation sites excluding steroid dienone is 2. The number of carbonyl (C=O) groups excluding carboxylic acids is 2. The molecular formula is C12H16O4. The van der Waals surface area contributed by atoms with Crippen LogP contribution in [-0.2, 0) is 19.1 Å². The monoisotopic (exact) mass is 224 g/mol. The molecule has 1 fully saturated rings. The van der Waals surface area contributed by atoms with Crippen LogP contribution in [0.15, 0.2) is 24.8 Å². The lowest BCUT2D eigenvalue weighted by molar-refractivity contribution is -0.162. The summed E-state index contributed by atoms with van der Waals surface area (Å²) in [5.74, 6) is -1.16. The quantitative estimate of drug-likeness (QED) is 0.412. The molecule has 4 nitrogen and oxygen atoms in total. The average Bonchev–Trinajstić information content (AvgIpc) is 2.95. The Bertz CT molecular complexity index is 353. The van der Waals surface area contributed by atoms with Gasteiger partial charge < -0.3 is 9.47 Å². The van der Waals surface area contributed by atoms with Crippen molar-refractivity contribution in [3.05, 3.63) is 24.8 Å². The zero-order valence-corrected chi connectivity index (χ0v) is 9.83. The van der Waals surface area contributed by atoms with E-state index in [1.165, 1.54) is 14.2 Å².